The van der Waals surface area contributed by atoms with Crippen LogP contribution < -0.4 is 0 Å². The predicted octanol–water partition coefficient (Wildman–Crippen LogP) is 3.74. The first kappa shape index (κ1) is 19.2. The second-order valence-corrected chi connectivity index (χ2v) is 7.48. The Labute approximate surface area is 177 Å². The lowest BCUT2D eigenvalue weighted by Gasteiger charge is -2.10. The van der Waals surface area contributed by atoms with Crippen molar-refractivity contribution < 1.29 is 18.6 Å². The van der Waals surface area contributed by atoms with Gasteiger partial charge in [0.05, 0.1) is 13.0 Å². The van der Waals surface area contributed by atoms with Crippen LogP contribution in [-0.4, -0.2) is 37.4 Å². The number of rotatable bonds is 6. The van der Waals surface area contributed by atoms with E-state index in [1.165, 1.54) is 0 Å². The number of nitrogens with zero attached hydrogens (tertiary/aromatic N) is 5. The van der Waals surface area contributed by atoms with Gasteiger partial charge >= 0.3 is 5.97 Å². The van der Waals surface area contributed by atoms with E-state index >= 15 is 0 Å². The summed E-state index contributed by atoms with van der Waals surface area (Å²) in [7, 11) is 0. The molecular weight excluding hydrogens is 398 g/mol. The standard InChI is InChI=1S/C22H21N5O4/c1-3-29-18(28)7-9-27-8-6-14-11-15(12-23-21(14)27)20-24-22(31-26-20)19-16-5-4-13(2)10-17(16)30-25-19/h6,8,11-12H,2-5,7,9-10H2,1H3. The summed E-state index contributed by atoms with van der Waals surface area (Å²) in [5, 5.41) is 9.17. The number of hydrogen-bond acceptors (Lipinski definition) is 8. The monoisotopic (exact) mass is 419 g/mol. The minimum atomic E-state index is -0.223. The number of ether oxygens (including phenoxy) is 1. The third kappa shape index (κ3) is 3.63. The molecule has 0 amide bonds. The summed E-state index contributed by atoms with van der Waals surface area (Å²) in [6.45, 7) is 6.70. The van der Waals surface area contributed by atoms with Gasteiger partial charge in [-0.15, -0.1) is 0 Å². The summed E-state index contributed by atoms with van der Waals surface area (Å²) >= 11 is 0. The topological polar surface area (TPSA) is 109 Å². The van der Waals surface area contributed by atoms with E-state index < -0.39 is 0 Å². The molecule has 0 radical (unpaired) electrons. The molecule has 1 aliphatic rings. The number of carbonyl (C=O) groups is 1. The average Bonchev–Trinajstić information content (AvgIpc) is 3.49. The molecule has 4 heterocycles. The van der Waals surface area contributed by atoms with Crippen molar-refractivity contribution >= 4 is 17.0 Å². The average molecular weight is 419 g/mol. The Morgan fingerprint density at radius 1 is 1.29 bits per heavy atom. The van der Waals surface area contributed by atoms with Gasteiger partial charge in [0.15, 0.2) is 5.69 Å². The Hall–Kier alpha value is -3.75. The van der Waals surface area contributed by atoms with Gasteiger partial charge in [0.1, 0.15) is 11.4 Å². The number of fused-ring (bicyclic) bond motifs is 2. The van der Waals surface area contributed by atoms with Crippen LogP contribution in [0, 0.1) is 0 Å². The number of allylic oxidation sites excluding steroid dienone is 1. The van der Waals surface area contributed by atoms with Crippen molar-refractivity contribution in [2.45, 2.75) is 39.2 Å². The molecular formula is C22H21N5O4. The molecule has 0 aliphatic heterocycles. The van der Waals surface area contributed by atoms with Crippen LogP contribution in [0.3, 0.4) is 0 Å². The first-order valence-corrected chi connectivity index (χ1v) is 10.2. The molecule has 0 unspecified atom stereocenters. The van der Waals surface area contributed by atoms with Crippen molar-refractivity contribution in [1.82, 2.24) is 24.8 Å². The highest BCUT2D eigenvalue weighted by atomic mass is 16.5. The maximum absolute atomic E-state index is 11.6. The zero-order chi connectivity index (χ0) is 21.4. The van der Waals surface area contributed by atoms with Crippen molar-refractivity contribution in [3.63, 3.8) is 0 Å². The molecule has 0 saturated heterocycles. The first-order valence-electron chi connectivity index (χ1n) is 10.2. The zero-order valence-electron chi connectivity index (χ0n) is 17.1. The largest absolute Gasteiger partial charge is 0.466 e. The fraction of sp³-hybridized carbons (Fsp3) is 0.318. The van der Waals surface area contributed by atoms with Crippen LogP contribution in [0.15, 0.2) is 45.7 Å². The number of esters is 1. The maximum Gasteiger partial charge on any atom is 0.307 e. The molecule has 0 fully saturated rings. The highest BCUT2D eigenvalue weighted by Gasteiger charge is 2.25. The van der Waals surface area contributed by atoms with Crippen LogP contribution in [0.25, 0.3) is 34.0 Å². The van der Waals surface area contributed by atoms with Crippen LogP contribution in [0.1, 0.15) is 31.1 Å². The van der Waals surface area contributed by atoms with Gasteiger partial charge in [-0.25, -0.2) is 4.98 Å². The van der Waals surface area contributed by atoms with E-state index in [4.69, 9.17) is 13.8 Å². The van der Waals surface area contributed by atoms with E-state index in [2.05, 4.69) is 26.9 Å². The quantitative estimate of drug-likeness (QED) is 0.343. The van der Waals surface area contributed by atoms with Crippen LogP contribution in [0.5, 0.6) is 0 Å². The van der Waals surface area contributed by atoms with E-state index in [9.17, 15) is 4.79 Å². The minimum Gasteiger partial charge on any atom is -0.466 e. The number of carbonyl (C=O) groups excluding carboxylic acids is 1. The molecule has 9 nitrogen and oxygen atoms in total. The van der Waals surface area contributed by atoms with E-state index in [1.54, 1.807) is 13.1 Å². The van der Waals surface area contributed by atoms with Crippen molar-refractivity contribution in [3.05, 3.63) is 48.0 Å². The van der Waals surface area contributed by atoms with E-state index in [1.807, 2.05) is 22.9 Å². The van der Waals surface area contributed by atoms with E-state index in [0.717, 1.165) is 46.3 Å². The Balaban J connectivity index is 1.38. The summed E-state index contributed by atoms with van der Waals surface area (Å²) in [6, 6.07) is 3.89. The lowest BCUT2D eigenvalue weighted by Crippen LogP contribution is -2.08. The summed E-state index contributed by atoms with van der Waals surface area (Å²) in [5.41, 5.74) is 4.25. The fourth-order valence-electron chi connectivity index (χ4n) is 3.79. The summed E-state index contributed by atoms with van der Waals surface area (Å²) < 4.78 is 17.8. The Morgan fingerprint density at radius 3 is 3.06 bits per heavy atom. The second-order valence-electron chi connectivity index (χ2n) is 7.48. The zero-order valence-corrected chi connectivity index (χ0v) is 17.1. The molecule has 31 heavy (non-hydrogen) atoms. The third-order valence-electron chi connectivity index (χ3n) is 5.36. The van der Waals surface area contributed by atoms with Crippen LogP contribution in [0.2, 0.25) is 0 Å². The Kier molecular flexibility index (Phi) is 4.85. The van der Waals surface area contributed by atoms with Gasteiger partial charge < -0.3 is 18.4 Å². The first-order chi connectivity index (χ1) is 15.1. The minimum absolute atomic E-state index is 0.223. The fourth-order valence-corrected chi connectivity index (χ4v) is 3.79. The number of aromatic nitrogens is 5. The van der Waals surface area contributed by atoms with E-state index in [-0.39, 0.29) is 5.97 Å². The molecule has 1 aliphatic carbocycles. The Morgan fingerprint density at radius 2 is 2.19 bits per heavy atom. The molecule has 0 bridgehead atoms. The van der Waals surface area contributed by atoms with Crippen molar-refractivity contribution in [2.24, 2.45) is 0 Å². The third-order valence-corrected chi connectivity index (χ3v) is 5.36. The van der Waals surface area contributed by atoms with E-state index in [0.29, 0.717) is 43.4 Å². The summed E-state index contributed by atoms with van der Waals surface area (Å²) in [6.07, 6.45) is 6.28. The van der Waals surface area contributed by atoms with Crippen LogP contribution >= 0.6 is 0 Å². The molecule has 9 heteroatoms. The molecule has 0 N–H and O–H groups in total. The molecule has 0 saturated carbocycles. The lowest BCUT2D eigenvalue weighted by atomic mass is 9.93. The van der Waals surface area contributed by atoms with Crippen molar-refractivity contribution in [2.75, 3.05) is 6.61 Å². The predicted molar refractivity (Wildman–Crippen MR) is 111 cm³/mol. The molecule has 4 aromatic rings. The maximum atomic E-state index is 11.6. The summed E-state index contributed by atoms with van der Waals surface area (Å²) in [5.74, 6) is 1.36. The molecule has 158 valence electrons. The van der Waals surface area contributed by atoms with Crippen LogP contribution in [0.4, 0.5) is 0 Å². The van der Waals surface area contributed by atoms with Crippen LogP contribution in [-0.2, 0) is 28.9 Å². The Bertz CT molecular complexity index is 1280. The lowest BCUT2D eigenvalue weighted by molar-refractivity contribution is -0.143. The molecule has 0 spiro atoms. The van der Waals surface area contributed by atoms with Crippen molar-refractivity contribution in [1.29, 1.82) is 0 Å². The van der Waals surface area contributed by atoms with Gasteiger partial charge in [0, 0.05) is 41.9 Å². The van der Waals surface area contributed by atoms with Gasteiger partial charge in [-0.3, -0.25) is 4.79 Å². The highest BCUT2D eigenvalue weighted by molar-refractivity contribution is 5.81. The molecule has 0 atom stereocenters. The highest BCUT2D eigenvalue weighted by Crippen LogP contribution is 2.32. The summed E-state index contributed by atoms with van der Waals surface area (Å²) in [4.78, 5) is 20.7. The molecule has 5 rings (SSSR count). The normalized spacial score (nSPS) is 13.5. The molecule has 4 aromatic heterocycles. The second kappa shape index (κ2) is 7.82. The number of pyridine rings is 1. The van der Waals surface area contributed by atoms with Crippen molar-refractivity contribution in [3.8, 4) is 23.0 Å². The van der Waals surface area contributed by atoms with Gasteiger partial charge in [0.2, 0.25) is 5.82 Å². The SMILES string of the molecule is C=C1CCc2c(-c3nc(-c4cnc5c(ccn5CCC(=O)OCC)c4)no3)noc2C1. The molecule has 0 aromatic carbocycles. The van der Waals surface area contributed by atoms with Gasteiger partial charge in [-0.05, 0) is 31.9 Å². The van der Waals surface area contributed by atoms with Gasteiger partial charge in [0.25, 0.3) is 5.89 Å². The smallest absolute Gasteiger partial charge is 0.307 e. The number of aryl methyl sites for hydroxylation is 1. The van der Waals surface area contributed by atoms with Gasteiger partial charge in [-0.1, -0.05) is 22.5 Å². The number of hydrogen-bond donors (Lipinski definition) is 0. The van der Waals surface area contributed by atoms with Gasteiger partial charge in [-0.2, -0.15) is 4.98 Å².